The van der Waals surface area contributed by atoms with Crippen molar-refractivity contribution in [2.75, 3.05) is 5.32 Å². The van der Waals surface area contributed by atoms with Crippen molar-refractivity contribution in [1.82, 2.24) is 19.6 Å². The van der Waals surface area contributed by atoms with Gasteiger partial charge in [-0.05, 0) is 0 Å². The summed E-state index contributed by atoms with van der Waals surface area (Å²) in [5.41, 5.74) is 0.0309. The Morgan fingerprint density at radius 2 is 2.30 bits per heavy atom. The average Bonchev–Trinajstić information content (AvgIpc) is 2.98. The summed E-state index contributed by atoms with van der Waals surface area (Å²) in [6.45, 7) is -0.204. The number of nitro groups is 1. The van der Waals surface area contributed by atoms with Crippen LogP contribution in [0.15, 0.2) is 18.6 Å². The Bertz CT molecular complexity index is 709. The molecule has 0 aromatic carbocycles. The van der Waals surface area contributed by atoms with E-state index in [1.807, 2.05) is 6.07 Å². The summed E-state index contributed by atoms with van der Waals surface area (Å²) in [6, 6.07) is 1.89. The number of amides is 1. The number of nitrogens with one attached hydrogen (secondary N) is 1. The van der Waals surface area contributed by atoms with Crippen LogP contribution in [0.5, 0.6) is 0 Å². The maximum absolute atomic E-state index is 11.8. The molecule has 2 rings (SSSR count). The number of anilines is 1. The van der Waals surface area contributed by atoms with E-state index >= 15 is 0 Å². The van der Waals surface area contributed by atoms with Gasteiger partial charge < -0.3 is 5.32 Å². The molecule has 20 heavy (non-hydrogen) atoms. The second-order valence-corrected chi connectivity index (χ2v) is 3.84. The lowest BCUT2D eigenvalue weighted by Gasteiger charge is -2.05. The van der Waals surface area contributed by atoms with E-state index in [1.165, 1.54) is 10.9 Å². The minimum Gasteiger partial charge on any atom is -0.308 e. The monoisotopic (exact) mass is 275 g/mol. The van der Waals surface area contributed by atoms with Crippen molar-refractivity contribution in [2.45, 2.75) is 6.54 Å². The van der Waals surface area contributed by atoms with Crippen LogP contribution in [0.2, 0.25) is 0 Å². The lowest BCUT2D eigenvalue weighted by molar-refractivity contribution is -0.385. The van der Waals surface area contributed by atoms with Gasteiger partial charge in [0.05, 0.1) is 11.1 Å². The van der Waals surface area contributed by atoms with Gasteiger partial charge in [-0.25, -0.2) is 0 Å². The van der Waals surface area contributed by atoms with Gasteiger partial charge in [0.25, 0.3) is 0 Å². The number of carbonyl (C=O) groups is 1. The van der Waals surface area contributed by atoms with Crippen LogP contribution in [0.3, 0.4) is 0 Å². The van der Waals surface area contributed by atoms with Crippen LogP contribution in [-0.4, -0.2) is 30.4 Å². The zero-order valence-electron chi connectivity index (χ0n) is 10.3. The van der Waals surface area contributed by atoms with Gasteiger partial charge in [-0.1, -0.05) is 0 Å². The van der Waals surface area contributed by atoms with E-state index in [0.717, 1.165) is 17.1 Å². The number of aryl methyl sites for hydroxylation is 1. The predicted molar refractivity (Wildman–Crippen MR) is 65.4 cm³/mol. The van der Waals surface area contributed by atoms with Crippen LogP contribution < -0.4 is 5.32 Å². The molecule has 0 unspecified atom stereocenters. The molecule has 10 heteroatoms. The first-order valence-electron chi connectivity index (χ1n) is 5.40. The first-order valence-corrected chi connectivity index (χ1v) is 5.40. The fourth-order valence-electron chi connectivity index (χ4n) is 1.52. The van der Waals surface area contributed by atoms with Crippen molar-refractivity contribution < 1.29 is 9.72 Å². The topological polar surface area (TPSA) is 132 Å². The fourth-order valence-corrected chi connectivity index (χ4v) is 1.52. The quantitative estimate of drug-likeness (QED) is 0.618. The number of carbonyl (C=O) groups excluding carboxylic acids is 1. The van der Waals surface area contributed by atoms with Gasteiger partial charge in [-0.3, -0.25) is 24.3 Å². The molecule has 10 nitrogen and oxygen atoms in total. The van der Waals surface area contributed by atoms with Crippen LogP contribution in [0.4, 0.5) is 11.5 Å². The van der Waals surface area contributed by atoms with Crippen molar-refractivity contribution in [3.63, 3.8) is 0 Å². The van der Waals surface area contributed by atoms with E-state index in [1.54, 1.807) is 7.05 Å². The molecule has 2 aromatic rings. The number of hydrogen-bond donors (Lipinski definition) is 1. The molecular weight excluding hydrogens is 266 g/mol. The van der Waals surface area contributed by atoms with E-state index in [4.69, 9.17) is 5.26 Å². The number of hydrogen-bond acceptors (Lipinski definition) is 6. The van der Waals surface area contributed by atoms with Gasteiger partial charge >= 0.3 is 5.69 Å². The lowest BCUT2D eigenvalue weighted by Crippen LogP contribution is -2.21. The van der Waals surface area contributed by atoms with Gasteiger partial charge in [0.2, 0.25) is 5.91 Å². The van der Waals surface area contributed by atoms with Crippen LogP contribution in [-0.2, 0) is 18.4 Å². The molecule has 2 heterocycles. The van der Waals surface area contributed by atoms with E-state index in [-0.39, 0.29) is 23.6 Å². The van der Waals surface area contributed by atoms with Gasteiger partial charge in [0.15, 0.2) is 0 Å². The molecule has 0 bridgehead atoms. The first-order chi connectivity index (χ1) is 9.51. The Balaban J connectivity index is 2.07. The molecule has 0 aliphatic carbocycles. The molecule has 0 aliphatic rings. The third-order valence-corrected chi connectivity index (χ3v) is 2.45. The Hall–Kier alpha value is -3.22. The van der Waals surface area contributed by atoms with Crippen molar-refractivity contribution in [1.29, 1.82) is 5.26 Å². The highest BCUT2D eigenvalue weighted by atomic mass is 16.6. The zero-order valence-corrected chi connectivity index (χ0v) is 10.3. The largest absolute Gasteiger partial charge is 0.308 e. The van der Waals surface area contributed by atoms with E-state index in [0.29, 0.717) is 0 Å². The summed E-state index contributed by atoms with van der Waals surface area (Å²) in [5.74, 6) is -0.206. The van der Waals surface area contributed by atoms with Crippen molar-refractivity contribution in [3.8, 4) is 6.07 Å². The highest BCUT2D eigenvalue weighted by Gasteiger charge is 2.14. The SMILES string of the molecule is Cn1ncc(C#N)c1NC(=O)Cn1cc([N+](=O)[O-])cn1. The van der Waals surface area contributed by atoms with Crippen LogP contribution >= 0.6 is 0 Å². The van der Waals surface area contributed by atoms with Gasteiger partial charge in [0.1, 0.15) is 36.4 Å². The van der Waals surface area contributed by atoms with Crippen molar-refractivity contribution >= 4 is 17.4 Å². The molecule has 1 N–H and O–H groups in total. The summed E-state index contributed by atoms with van der Waals surface area (Å²) in [5, 5.41) is 29.4. The summed E-state index contributed by atoms with van der Waals surface area (Å²) >= 11 is 0. The Morgan fingerprint density at radius 1 is 1.55 bits per heavy atom. The number of nitrogens with zero attached hydrogens (tertiary/aromatic N) is 6. The lowest BCUT2D eigenvalue weighted by atomic mass is 10.3. The second-order valence-electron chi connectivity index (χ2n) is 3.84. The first kappa shape index (κ1) is 13.2. The van der Waals surface area contributed by atoms with Crippen LogP contribution in [0.25, 0.3) is 0 Å². The van der Waals surface area contributed by atoms with E-state index in [2.05, 4.69) is 15.5 Å². The minimum atomic E-state index is -0.601. The molecule has 0 saturated carbocycles. The van der Waals surface area contributed by atoms with Crippen molar-refractivity contribution in [2.24, 2.45) is 7.05 Å². The van der Waals surface area contributed by atoms with Gasteiger partial charge in [-0.15, -0.1) is 0 Å². The highest BCUT2D eigenvalue weighted by Crippen LogP contribution is 2.13. The molecule has 0 atom stereocenters. The fraction of sp³-hybridized carbons (Fsp3) is 0.200. The zero-order chi connectivity index (χ0) is 14.7. The molecule has 2 aromatic heterocycles. The normalized spacial score (nSPS) is 10.0. The Morgan fingerprint density at radius 3 is 2.90 bits per heavy atom. The summed E-state index contributed by atoms with van der Waals surface area (Å²) in [6.07, 6.45) is 3.53. The summed E-state index contributed by atoms with van der Waals surface area (Å²) < 4.78 is 2.48. The predicted octanol–water partition coefficient (Wildman–Crippen LogP) is 0.0352. The molecule has 0 radical (unpaired) electrons. The number of nitriles is 1. The molecule has 102 valence electrons. The Kier molecular flexibility index (Phi) is 3.43. The van der Waals surface area contributed by atoms with Crippen LogP contribution in [0.1, 0.15) is 5.56 Å². The minimum absolute atomic E-state index is 0.198. The molecule has 0 spiro atoms. The number of aromatic nitrogens is 4. The smallest absolute Gasteiger partial charge is 0.307 e. The van der Waals surface area contributed by atoms with E-state index in [9.17, 15) is 14.9 Å². The molecule has 1 amide bonds. The average molecular weight is 275 g/mol. The molecule has 0 aliphatic heterocycles. The second kappa shape index (κ2) is 5.19. The molecule has 0 saturated heterocycles. The van der Waals surface area contributed by atoms with Gasteiger partial charge in [-0.2, -0.15) is 15.5 Å². The van der Waals surface area contributed by atoms with Crippen LogP contribution in [0, 0.1) is 21.4 Å². The summed E-state index contributed by atoms with van der Waals surface area (Å²) in [4.78, 5) is 21.7. The Labute approximate surface area is 112 Å². The maximum Gasteiger partial charge on any atom is 0.307 e. The summed E-state index contributed by atoms with van der Waals surface area (Å²) in [7, 11) is 1.58. The third-order valence-electron chi connectivity index (χ3n) is 2.45. The maximum atomic E-state index is 11.8. The third kappa shape index (κ3) is 2.61. The highest BCUT2D eigenvalue weighted by molar-refractivity contribution is 5.90. The number of rotatable bonds is 4. The standard InChI is InChI=1S/C10H9N7O3/c1-15-10(7(2-11)3-12-15)14-9(18)6-16-5-8(4-13-16)17(19)20/h3-5H,6H2,1H3,(H,14,18). The van der Waals surface area contributed by atoms with E-state index < -0.39 is 10.8 Å². The molecular formula is C10H9N7O3. The van der Waals surface area contributed by atoms with Crippen molar-refractivity contribution in [3.05, 3.63) is 34.3 Å². The van der Waals surface area contributed by atoms with Gasteiger partial charge in [0, 0.05) is 7.05 Å². The molecule has 0 fully saturated rings.